The predicted octanol–water partition coefficient (Wildman–Crippen LogP) is 2.34. The first-order chi connectivity index (χ1) is 11.7. The third-order valence-corrected chi connectivity index (χ3v) is 4.11. The van der Waals surface area contributed by atoms with Gasteiger partial charge >= 0.3 is 0 Å². The summed E-state index contributed by atoms with van der Waals surface area (Å²) in [6.07, 6.45) is 7.18. The molecule has 6 heteroatoms. The predicted molar refractivity (Wildman–Crippen MR) is 102 cm³/mol. The fourth-order valence-electron chi connectivity index (χ4n) is 2.64. The van der Waals surface area contributed by atoms with Gasteiger partial charge in [-0.1, -0.05) is 13.8 Å². The zero-order valence-electron chi connectivity index (χ0n) is 16.0. The van der Waals surface area contributed by atoms with Crippen molar-refractivity contribution in [3.63, 3.8) is 0 Å². The van der Waals surface area contributed by atoms with E-state index in [0.717, 1.165) is 51.5 Å². The van der Waals surface area contributed by atoms with Gasteiger partial charge in [0, 0.05) is 38.1 Å². The van der Waals surface area contributed by atoms with Crippen LogP contribution < -0.4 is 10.6 Å². The highest BCUT2D eigenvalue weighted by Gasteiger charge is 2.06. The molecule has 0 amide bonds. The summed E-state index contributed by atoms with van der Waals surface area (Å²) in [5, 5.41) is 11.1. The number of guanidine groups is 1. The zero-order valence-corrected chi connectivity index (χ0v) is 16.0. The monoisotopic (exact) mass is 336 g/mol. The molecule has 0 saturated carbocycles. The summed E-state index contributed by atoms with van der Waals surface area (Å²) in [6.45, 7) is 14.8. The molecule has 0 aliphatic rings. The highest BCUT2D eigenvalue weighted by atomic mass is 15.3. The summed E-state index contributed by atoms with van der Waals surface area (Å²) in [5.74, 6) is 0.924. The topological polar surface area (TPSA) is 57.5 Å². The number of nitrogens with one attached hydrogen (secondary N) is 2. The van der Waals surface area contributed by atoms with Crippen LogP contribution in [0.25, 0.3) is 0 Å². The molecule has 24 heavy (non-hydrogen) atoms. The number of hydrogen-bond donors (Lipinski definition) is 2. The van der Waals surface area contributed by atoms with Gasteiger partial charge in [-0.15, -0.1) is 0 Å². The van der Waals surface area contributed by atoms with Gasteiger partial charge in [-0.05, 0) is 58.8 Å². The van der Waals surface area contributed by atoms with Crippen LogP contribution in [0, 0.1) is 0 Å². The summed E-state index contributed by atoms with van der Waals surface area (Å²) in [7, 11) is 0. The number of aliphatic imine (C=N–C) groups is 1. The smallest absolute Gasteiger partial charge is 0.191 e. The second-order valence-electron chi connectivity index (χ2n) is 6.10. The van der Waals surface area contributed by atoms with Crippen LogP contribution in [0.5, 0.6) is 0 Å². The quantitative estimate of drug-likeness (QED) is 0.349. The second kappa shape index (κ2) is 12.8. The van der Waals surface area contributed by atoms with Crippen LogP contribution in [0.15, 0.2) is 23.5 Å². The molecule has 1 rings (SSSR count). The zero-order chi connectivity index (χ0) is 17.6. The molecule has 0 aromatic carbocycles. The van der Waals surface area contributed by atoms with E-state index < -0.39 is 0 Å². The highest BCUT2D eigenvalue weighted by molar-refractivity contribution is 5.79. The van der Waals surface area contributed by atoms with Crippen molar-refractivity contribution >= 4 is 5.96 Å². The molecule has 1 heterocycles. The Labute approximate surface area is 147 Å². The van der Waals surface area contributed by atoms with Crippen molar-refractivity contribution < 1.29 is 0 Å². The normalized spacial score (nSPS) is 13.3. The highest BCUT2D eigenvalue weighted by Crippen LogP contribution is 2.00. The van der Waals surface area contributed by atoms with Crippen LogP contribution in [-0.2, 0) is 6.54 Å². The van der Waals surface area contributed by atoms with Gasteiger partial charge in [-0.3, -0.25) is 9.67 Å². The summed E-state index contributed by atoms with van der Waals surface area (Å²) >= 11 is 0. The summed E-state index contributed by atoms with van der Waals surface area (Å²) in [4.78, 5) is 7.14. The number of aryl methyl sites for hydroxylation is 1. The van der Waals surface area contributed by atoms with E-state index in [9.17, 15) is 0 Å². The molecule has 0 saturated heterocycles. The van der Waals surface area contributed by atoms with Gasteiger partial charge < -0.3 is 15.5 Å². The number of nitrogens with zero attached hydrogens (tertiary/aromatic N) is 4. The van der Waals surface area contributed by atoms with Crippen molar-refractivity contribution in [2.45, 2.75) is 59.5 Å². The Morgan fingerprint density at radius 2 is 2.04 bits per heavy atom. The third kappa shape index (κ3) is 8.91. The Balaban J connectivity index is 2.28. The van der Waals surface area contributed by atoms with Gasteiger partial charge in [0.25, 0.3) is 0 Å². The first-order valence-corrected chi connectivity index (χ1v) is 9.44. The molecule has 0 aliphatic heterocycles. The maximum Gasteiger partial charge on any atom is 0.191 e. The lowest BCUT2D eigenvalue weighted by molar-refractivity contribution is 0.292. The van der Waals surface area contributed by atoms with E-state index in [1.54, 1.807) is 0 Å². The van der Waals surface area contributed by atoms with Gasteiger partial charge in [0.2, 0.25) is 0 Å². The van der Waals surface area contributed by atoms with E-state index in [1.165, 1.54) is 13.0 Å². The third-order valence-electron chi connectivity index (χ3n) is 4.11. The average molecular weight is 337 g/mol. The van der Waals surface area contributed by atoms with E-state index in [0.29, 0.717) is 6.04 Å². The summed E-state index contributed by atoms with van der Waals surface area (Å²) < 4.78 is 1.95. The van der Waals surface area contributed by atoms with E-state index in [1.807, 2.05) is 23.1 Å². The van der Waals surface area contributed by atoms with E-state index in [2.05, 4.69) is 53.3 Å². The summed E-state index contributed by atoms with van der Waals surface area (Å²) in [5.41, 5.74) is 0. The maximum absolute atomic E-state index is 4.67. The molecule has 1 aromatic heterocycles. The Morgan fingerprint density at radius 1 is 1.25 bits per heavy atom. The van der Waals surface area contributed by atoms with Crippen molar-refractivity contribution in [1.29, 1.82) is 0 Å². The van der Waals surface area contributed by atoms with Gasteiger partial charge in [-0.25, -0.2) is 0 Å². The molecule has 2 N–H and O–H groups in total. The van der Waals surface area contributed by atoms with Crippen LogP contribution in [0.3, 0.4) is 0 Å². The molecular formula is C18H36N6. The molecule has 1 aromatic rings. The number of rotatable bonds is 12. The molecule has 0 fully saturated rings. The minimum Gasteiger partial charge on any atom is -0.357 e. The Morgan fingerprint density at radius 3 is 2.67 bits per heavy atom. The van der Waals surface area contributed by atoms with Crippen LogP contribution >= 0.6 is 0 Å². The Kier molecular flexibility index (Phi) is 10.9. The van der Waals surface area contributed by atoms with E-state index >= 15 is 0 Å². The molecule has 0 radical (unpaired) electrons. The van der Waals surface area contributed by atoms with Crippen molar-refractivity contribution in [3.05, 3.63) is 18.5 Å². The van der Waals surface area contributed by atoms with E-state index in [-0.39, 0.29) is 0 Å². The van der Waals surface area contributed by atoms with Crippen LogP contribution in [0.2, 0.25) is 0 Å². The standard InChI is InChI=1S/C18H36N6/c1-5-19-18(20-12-9-15-24-16-10-13-21-24)22-17(4)11-8-14-23(6-2)7-3/h10,13,16-17H,5-9,11-12,14-15H2,1-4H3,(H2,19,20,22). The molecule has 138 valence electrons. The second-order valence-corrected chi connectivity index (χ2v) is 6.10. The van der Waals surface area contributed by atoms with Crippen LogP contribution in [-0.4, -0.2) is 59.4 Å². The lowest BCUT2D eigenvalue weighted by Gasteiger charge is -2.21. The van der Waals surface area contributed by atoms with Gasteiger partial charge in [-0.2, -0.15) is 5.10 Å². The Hall–Kier alpha value is -1.56. The van der Waals surface area contributed by atoms with E-state index in [4.69, 9.17) is 0 Å². The average Bonchev–Trinajstić information content (AvgIpc) is 3.09. The van der Waals surface area contributed by atoms with Crippen LogP contribution in [0.1, 0.15) is 47.0 Å². The van der Waals surface area contributed by atoms with Crippen molar-refractivity contribution in [1.82, 2.24) is 25.3 Å². The Bertz CT molecular complexity index is 425. The fraction of sp³-hybridized carbons (Fsp3) is 0.778. The SMILES string of the molecule is CCNC(=NCCCn1cccn1)NC(C)CCCN(CC)CC. The molecule has 1 unspecified atom stereocenters. The van der Waals surface area contributed by atoms with Gasteiger partial charge in [0.05, 0.1) is 0 Å². The fourth-order valence-corrected chi connectivity index (χ4v) is 2.64. The molecule has 0 aliphatic carbocycles. The molecule has 1 atom stereocenters. The lowest BCUT2D eigenvalue weighted by atomic mass is 10.2. The molecule has 0 spiro atoms. The van der Waals surface area contributed by atoms with Crippen molar-refractivity contribution in [3.8, 4) is 0 Å². The van der Waals surface area contributed by atoms with Gasteiger partial charge in [0.1, 0.15) is 0 Å². The first-order valence-electron chi connectivity index (χ1n) is 9.44. The van der Waals surface area contributed by atoms with Crippen molar-refractivity contribution in [2.75, 3.05) is 32.7 Å². The largest absolute Gasteiger partial charge is 0.357 e. The van der Waals surface area contributed by atoms with Crippen molar-refractivity contribution in [2.24, 2.45) is 4.99 Å². The minimum absolute atomic E-state index is 0.435. The summed E-state index contributed by atoms with van der Waals surface area (Å²) in [6, 6.07) is 2.39. The minimum atomic E-state index is 0.435. The molecule has 6 nitrogen and oxygen atoms in total. The maximum atomic E-state index is 4.67. The first kappa shape index (κ1) is 20.5. The number of hydrogen-bond acceptors (Lipinski definition) is 3. The van der Waals surface area contributed by atoms with Crippen LogP contribution in [0.4, 0.5) is 0 Å². The lowest BCUT2D eigenvalue weighted by Crippen LogP contribution is -2.42. The molecular weight excluding hydrogens is 300 g/mol. The number of aromatic nitrogens is 2. The van der Waals surface area contributed by atoms with Gasteiger partial charge in [0.15, 0.2) is 5.96 Å². The molecule has 0 bridgehead atoms.